The summed E-state index contributed by atoms with van der Waals surface area (Å²) < 4.78 is 1.19. The molecule has 0 rings (SSSR count). The Bertz CT molecular complexity index is 175. The molecule has 3 heteroatoms. The summed E-state index contributed by atoms with van der Waals surface area (Å²) in [5, 5.41) is 8.89. The third kappa shape index (κ3) is 21.3. The van der Waals surface area contributed by atoms with Crippen LogP contribution in [-0.2, 0) is 4.79 Å². The van der Waals surface area contributed by atoms with Gasteiger partial charge in [0.2, 0.25) is 0 Å². The van der Waals surface area contributed by atoms with E-state index in [-0.39, 0.29) is 0 Å². The number of rotatable bonds is 8. The van der Waals surface area contributed by atoms with E-state index in [0.717, 1.165) is 6.92 Å². The van der Waals surface area contributed by atoms with E-state index < -0.39 is 5.97 Å². The van der Waals surface area contributed by atoms with Crippen LogP contribution in [0.25, 0.3) is 0 Å². The Labute approximate surface area is 107 Å². The number of carbonyl (C=O) groups excluding carboxylic acids is 1. The van der Waals surface area contributed by atoms with Gasteiger partial charge < -0.3 is 14.4 Å². The molecule has 17 heavy (non-hydrogen) atoms. The summed E-state index contributed by atoms with van der Waals surface area (Å²) in [5.41, 5.74) is 0. The highest BCUT2D eigenvalue weighted by molar-refractivity contribution is 5.60. The van der Waals surface area contributed by atoms with E-state index in [2.05, 4.69) is 27.9 Å². The molecule has 0 aliphatic heterocycles. The van der Waals surface area contributed by atoms with E-state index in [1.807, 2.05) is 0 Å². The summed E-state index contributed by atoms with van der Waals surface area (Å²) in [7, 11) is 4.65. The van der Waals surface area contributed by atoms with Crippen molar-refractivity contribution in [1.82, 2.24) is 0 Å². The molecule has 0 saturated carbocycles. The van der Waals surface area contributed by atoms with Gasteiger partial charge in [-0.25, -0.2) is 0 Å². The van der Waals surface area contributed by atoms with E-state index in [4.69, 9.17) is 9.90 Å². The molecule has 0 amide bonds. The molecule has 0 saturated heterocycles. The number of hydrogen-bond donors (Lipinski definition) is 0. The summed E-state index contributed by atoms with van der Waals surface area (Å²) in [6, 6.07) is 0. The Morgan fingerprint density at radius 2 is 1.41 bits per heavy atom. The van der Waals surface area contributed by atoms with Crippen molar-refractivity contribution < 1.29 is 14.4 Å². The van der Waals surface area contributed by atoms with Gasteiger partial charge in [0.15, 0.2) is 0 Å². The van der Waals surface area contributed by atoms with Crippen molar-refractivity contribution in [2.75, 3.05) is 27.2 Å². The first-order valence-electron chi connectivity index (χ1n) is 6.85. The third-order valence-electron chi connectivity index (χ3n) is 2.97. The average molecular weight is 245 g/mol. The SMILES string of the molecule is CC(=O)[O-].CCCCCCCC[N+](C)(C)CC. The molecular formula is C14H31NO2. The van der Waals surface area contributed by atoms with Crippen molar-refractivity contribution in [3.05, 3.63) is 0 Å². The molecule has 0 heterocycles. The molecule has 0 bridgehead atoms. The van der Waals surface area contributed by atoms with Crippen molar-refractivity contribution in [3.63, 3.8) is 0 Å². The van der Waals surface area contributed by atoms with Gasteiger partial charge in [-0.15, -0.1) is 0 Å². The second kappa shape index (κ2) is 11.9. The van der Waals surface area contributed by atoms with Crippen LogP contribution in [0.3, 0.4) is 0 Å². The lowest BCUT2D eigenvalue weighted by atomic mass is 10.1. The molecule has 0 N–H and O–H groups in total. The summed E-state index contributed by atoms with van der Waals surface area (Å²) >= 11 is 0. The van der Waals surface area contributed by atoms with E-state index >= 15 is 0 Å². The molecule has 0 aromatic carbocycles. The highest BCUT2D eigenvalue weighted by atomic mass is 16.4. The number of carboxylic acid groups (broad SMARTS) is 1. The van der Waals surface area contributed by atoms with Crippen LogP contribution < -0.4 is 5.11 Å². The maximum atomic E-state index is 8.89. The van der Waals surface area contributed by atoms with Crippen molar-refractivity contribution in [2.24, 2.45) is 0 Å². The molecule has 0 aliphatic rings. The minimum absolute atomic E-state index is 0.972. The van der Waals surface area contributed by atoms with Crippen molar-refractivity contribution in [3.8, 4) is 0 Å². The van der Waals surface area contributed by atoms with Gasteiger partial charge in [0.25, 0.3) is 0 Å². The molecular weight excluding hydrogens is 214 g/mol. The zero-order valence-corrected chi connectivity index (χ0v) is 12.4. The first-order chi connectivity index (χ1) is 7.85. The fourth-order valence-corrected chi connectivity index (χ4v) is 1.48. The normalized spacial score (nSPS) is 10.6. The number of hydrogen-bond acceptors (Lipinski definition) is 2. The highest BCUT2D eigenvalue weighted by Crippen LogP contribution is 2.07. The van der Waals surface area contributed by atoms with Gasteiger partial charge in [0.05, 0.1) is 27.2 Å². The molecule has 104 valence electrons. The van der Waals surface area contributed by atoms with Crippen LogP contribution in [-0.4, -0.2) is 37.6 Å². The maximum absolute atomic E-state index is 8.89. The second-order valence-corrected chi connectivity index (χ2v) is 5.23. The summed E-state index contributed by atoms with van der Waals surface area (Å²) in [5.74, 6) is -1.08. The Kier molecular flexibility index (Phi) is 13.2. The lowest BCUT2D eigenvalue weighted by Crippen LogP contribution is -2.39. The Morgan fingerprint density at radius 3 is 1.82 bits per heavy atom. The monoisotopic (exact) mass is 245 g/mol. The highest BCUT2D eigenvalue weighted by Gasteiger charge is 2.09. The van der Waals surface area contributed by atoms with Crippen LogP contribution >= 0.6 is 0 Å². The first kappa shape index (κ1) is 18.8. The van der Waals surface area contributed by atoms with E-state index in [9.17, 15) is 0 Å². The fourth-order valence-electron chi connectivity index (χ4n) is 1.48. The van der Waals surface area contributed by atoms with Crippen molar-refractivity contribution >= 4 is 5.97 Å². The molecule has 0 aromatic rings. The fraction of sp³-hybridized carbons (Fsp3) is 0.929. The van der Waals surface area contributed by atoms with Gasteiger partial charge in [-0.3, -0.25) is 0 Å². The molecule has 3 nitrogen and oxygen atoms in total. The molecule has 0 spiro atoms. The van der Waals surface area contributed by atoms with E-state index in [0.29, 0.717) is 0 Å². The number of unbranched alkanes of at least 4 members (excludes halogenated alkanes) is 5. The van der Waals surface area contributed by atoms with Crippen LogP contribution in [0.1, 0.15) is 59.3 Å². The standard InChI is InChI=1S/C12H28N.C2H4O2/c1-5-7-8-9-10-11-12-13(3,4)6-2;1-2(3)4/h5-12H2,1-4H3;1H3,(H,3,4)/q+1;/p-1. The lowest BCUT2D eigenvalue weighted by molar-refractivity contribution is -0.888. The van der Waals surface area contributed by atoms with Crippen LogP contribution in [0.15, 0.2) is 0 Å². The molecule has 0 radical (unpaired) electrons. The van der Waals surface area contributed by atoms with Crippen LogP contribution in [0.5, 0.6) is 0 Å². The molecule has 0 aliphatic carbocycles. The van der Waals surface area contributed by atoms with Crippen LogP contribution in [0.4, 0.5) is 0 Å². The molecule has 0 unspecified atom stereocenters. The Morgan fingerprint density at radius 1 is 1.00 bits per heavy atom. The van der Waals surface area contributed by atoms with Gasteiger partial charge in [0.1, 0.15) is 0 Å². The van der Waals surface area contributed by atoms with Crippen LogP contribution in [0.2, 0.25) is 0 Å². The first-order valence-corrected chi connectivity index (χ1v) is 6.85. The summed E-state index contributed by atoms with van der Waals surface area (Å²) in [4.78, 5) is 8.89. The van der Waals surface area contributed by atoms with Crippen molar-refractivity contribution in [1.29, 1.82) is 0 Å². The zero-order valence-electron chi connectivity index (χ0n) is 12.4. The minimum Gasteiger partial charge on any atom is -0.550 e. The average Bonchev–Trinajstić information content (AvgIpc) is 2.22. The van der Waals surface area contributed by atoms with E-state index in [1.54, 1.807) is 0 Å². The third-order valence-corrected chi connectivity index (χ3v) is 2.97. The van der Waals surface area contributed by atoms with Crippen molar-refractivity contribution in [2.45, 2.75) is 59.3 Å². The number of aliphatic carboxylic acids is 1. The number of carboxylic acids is 1. The smallest absolute Gasteiger partial charge is 0.0782 e. The van der Waals surface area contributed by atoms with Gasteiger partial charge in [-0.2, -0.15) is 0 Å². The number of nitrogens with zero attached hydrogens (tertiary/aromatic N) is 1. The van der Waals surface area contributed by atoms with Gasteiger partial charge in [0, 0.05) is 5.97 Å². The second-order valence-electron chi connectivity index (χ2n) is 5.23. The topological polar surface area (TPSA) is 40.1 Å². The predicted octanol–water partition coefficient (Wildman–Crippen LogP) is 2.20. The molecule has 0 aromatic heterocycles. The molecule has 0 fully saturated rings. The van der Waals surface area contributed by atoms with Gasteiger partial charge in [-0.1, -0.05) is 32.6 Å². The summed E-state index contributed by atoms with van der Waals surface area (Å²) in [6.45, 7) is 8.13. The lowest BCUT2D eigenvalue weighted by Gasteiger charge is -2.28. The largest absolute Gasteiger partial charge is 0.550 e. The number of carbonyl (C=O) groups is 1. The van der Waals surface area contributed by atoms with E-state index in [1.165, 1.54) is 56.1 Å². The Hall–Kier alpha value is -0.570. The maximum Gasteiger partial charge on any atom is 0.0782 e. The van der Waals surface area contributed by atoms with Gasteiger partial charge in [-0.05, 0) is 26.7 Å². The van der Waals surface area contributed by atoms with Crippen LogP contribution in [0, 0.1) is 0 Å². The minimum atomic E-state index is -1.08. The number of quaternary nitrogens is 1. The quantitative estimate of drug-likeness (QED) is 0.486. The Balaban J connectivity index is 0. The predicted molar refractivity (Wildman–Crippen MR) is 71.6 cm³/mol. The zero-order chi connectivity index (χ0) is 13.7. The molecule has 0 atom stereocenters. The van der Waals surface area contributed by atoms with Gasteiger partial charge >= 0.3 is 0 Å². The summed E-state index contributed by atoms with van der Waals surface area (Å²) in [6.07, 6.45) is 8.50.